The Kier molecular flexibility index (Phi) is 6.74. The number of hydrogen-bond donors (Lipinski definition) is 2. The molecule has 0 bridgehead atoms. The second-order valence-electron chi connectivity index (χ2n) is 7.01. The van der Waals surface area contributed by atoms with E-state index in [-0.39, 0.29) is 0 Å². The van der Waals surface area contributed by atoms with Crippen molar-refractivity contribution in [2.75, 3.05) is 26.2 Å². The van der Waals surface area contributed by atoms with Gasteiger partial charge in [-0.15, -0.1) is 0 Å². The molecule has 0 unspecified atom stereocenters. The summed E-state index contributed by atoms with van der Waals surface area (Å²) in [5.74, 6) is 1.52. The normalized spacial score (nSPS) is 21.7. The van der Waals surface area contributed by atoms with E-state index < -0.39 is 6.10 Å². The minimum atomic E-state index is -0.434. The average molecular weight is 361 g/mol. The number of rotatable bonds is 7. The van der Waals surface area contributed by atoms with E-state index in [0.29, 0.717) is 11.6 Å². The molecule has 0 spiro atoms. The van der Waals surface area contributed by atoms with Crippen molar-refractivity contribution in [2.24, 2.45) is 5.92 Å². The molecule has 0 saturated carbocycles. The number of nitrogens with one attached hydrogen (secondary N) is 1. The Labute approximate surface area is 155 Å². The van der Waals surface area contributed by atoms with Crippen molar-refractivity contribution in [3.05, 3.63) is 65.2 Å². The Morgan fingerprint density at radius 3 is 2.40 bits per heavy atom. The fourth-order valence-corrected chi connectivity index (χ4v) is 3.68. The quantitative estimate of drug-likeness (QED) is 0.796. The first-order valence-electron chi connectivity index (χ1n) is 9.13. The third kappa shape index (κ3) is 6.03. The average Bonchev–Trinajstić information content (AvgIpc) is 2.64. The first-order chi connectivity index (χ1) is 12.2. The molecule has 25 heavy (non-hydrogen) atoms. The van der Waals surface area contributed by atoms with Crippen LogP contribution in [0.3, 0.4) is 0 Å². The standard InChI is InChI=1S/C21H26ClNO2/c22-19-6-8-21(9-7-19)25-16-20(24)15-23-12-10-18(11-13-23)14-17-4-2-1-3-5-17/h1-9,18,20,24H,10-16H2/p+1/t20-/m1/s1. The molecule has 1 aliphatic heterocycles. The Bertz CT molecular complexity index is 624. The number of benzene rings is 2. The van der Waals surface area contributed by atoms with Crippen molar-refractivity contribution in [3.63, 3.8) is 0 Å². The predicted molar refractivity (Wildman–Crippen MR) is 101 cm³/mol. The second-order valence-corrected chi connectivity index (χ2v) is 7.44. The van der Waals surface area contributed by atoms with Gasteiger partial charge in [0.25, 0.3) is 0 Å². The number of halogens is 1. The Balaban J connectivity index is 1.36. The summed E-state index contributed by atoms with van der Waals surface area (Å²) >= 11 is 5.86. The van der Waals surface area contributed by atoms with E-state index >= 15 is 0 Å². The molecular weight excluding hydrogens is 334 g/mol. The summed E-state index contributed by atoms with van der Waals surface area (Å²) in [5, 5.41) is 10.9. The van der Waals surface area contributed by atoms with Crippen LogP contribution >= 0.6 is 11.6 Å². The zero-order chi connectivity index (χ0) is 17.5. The SMILES string of the molecule is O[C@@H](COc1ccc(Cl)cc1)C[NH+]1CCC(Cc2ccccc2)CC1. The highest BCUT2D eigenvalue weighted by atomic mass is 35.5. The first-order valence-corrected chi connectivity index (χ1v) is 9.51. The van der Waals surface area contributed by atoms with Crippen molar-refractivity contribution in [3.8, 4) is 5.75 Å². The summed E-state index contributed by atoms with van der Waals surface area (Å²) in [6, 6.07) is 18.0. The van der Waals surface area contributed by atoms with Gasteiger partial charge in [-0.1, -0.05) is 41.9 Å². The van der Waals surface area contributed by atoms with Gasteiger partial charge in [-0.05, 0) is 55.0 Å². The molecule has 3 rings (SSSR count). The molecule has 2 N–H and O–H groups in total. The third-order valence-corrected chi connectivity index (χ3v) is 5.21. The van der Waals surface area contributed by atoms with E-state index in [9.17, 15) is 5.11 Å². The van der Waals surface area contributed by atoms with Crippen LogP contribution in [-0.4, -0.2) is 37.5 Å². The van der Waals surface area contributed by atoms with Crippen molar-refractivity contribution in [1.29, 1.82) is 0 Å². The number of piperidine rings is 1. The van der Waals surface area contributed by atoms with Gasteiger partial charge in [0.1, 0.15) is 25.0 Å². The second kappa shape index (κ2) is 9.23. The molecule has 0 radical (unpaired) electrons. The molecule has 1 heterocycles. The van der Waals surface area contributed by atoms with Gasteiger partial charge < -0.3 is 14.7 Å². The monoisotopic (exact) mass is 360 g/mol. The molecule has 0 aliphatic carbocycles. The van der Waals surface area contributed by atoms with E-state index in [1.54, 1.807) is 12.1 Å². The molecule has 1 saturated heterocycles. The van der Waals surface area contributed by atoms with Crippen molar-refractivity contribution >= 4 is 11.6 Å². The van der Waals surface area contributed by atoms with E-state index in [0.717, 1.165) is 31.3 Å². The Morgan fingerprint density at radius 2 is 1.72 bits per heavy atom. The van der Waals surface area contributed by atoms with E-state index in [2.05, 4.69) is 30.3 Å². The summed E-state index contributed by atoms with van der Waals surface area (Å²) in [6.45, 7) is 3.36. The Hall–Kier alpha value is -1.55. The minimum Gasteiger partial charge on any atom is -0.491 e. The molecule has 4 heteroatoms. The number of hydrogen-bond acceptors (Lipinski definition) is 2. The highest BCUT2D eigenvalue weighted by Crippen LogP contribution is 2.17. The topological polar surface area (TPSA) is 33.9 Å². The van der Waals surface area contributed by atoms with Gasteiger partial charge in [0.2, 0.25) is 0 Å². The number of quaternary nitrogens is 1. The van der Waals surface area contributed by atoms with Gasteiger partial charge in [0.05, 0.1) is 13.1 Å². The van der Waals surface area contributed by atoms with Crippen LogP contribution in [0.5, 0.6) is 5.75 Å². The fraction of sp³-hybridized carbons (Fsp3) is 0.429. The van der Waals surface area contributed by atoms with E-state index in [1.165, 1.54) is 29.7 Å². The van der Waals surface area contributed by atoms with Gasteiger partial charge in [-0.25, -0.2) is 0 Å². The van der Waals surface area contributed by atoms with Crippen LogP contribution in [0.4, 0.5) is 0 Å². The van der Waals surface area contributed by atoms with Crippen LogP contribution in [0.1, 0.15) is 18.4 Å². The van der Waals surface area contributed by atoms with Gasteiger partial charge in [0, 0.05) is 5.02 Å². The summed E-state index contributed by atoms with van der Waals surface area (Å²) in [4.78, 5) is 1.48. The molecule has 1 atom stereocenters. The van der Waals surface area contributed by atoms with Gasteiger partial charge in [0.15, 0.2) is 0 Å². The molecule has 2 aromatic carbocycles. The largest absolute Gasteiger partial charge is 0.491 e. The molecule has 134 valence electrons. The molecule has 3 nitrogen and oxygen atoms in total. The number of aliphatic hydroxyl groups is 1. The lowest BCUT2D eigenvalue weighted by Crippen LogP contribution is -3.14. The maximum Gasteiger partial charge on any atom is 0.137 e. The van der Waals surface area contributed by atoms with Crippen LogP contribution in [0.25, 0.3) is 0 Å². The van der Waals surface area contributed by atoms with Crippen LogP contribution in [-0.2, 0) is 6.42 Å². The maximum absolute atomic E-state index is 10.2. The highest BCUT2D eigenvalue weighted by molar-refractivity contribution is 6.30. The van der Waals surface area contributed by atoms with Gasteiger partial charge >= 0.3 is 0 Å². The number of aliphatic hydroxyl groups excluding tert-OH is 1. The van der Waals surface area contributed by atoms with Crippen molar-refractivity contribution in [2.45, 2.75) is 25.4 Å². The summed E-state index contributed by atoms with van der Waals surface area (Å²) in [7, 11) is 0. The zero-order valence-electron chi connectivity index (χ0n) is 14.5. The minimum absolute atomic E-state index is 0.332. The van der Waals surface area contributed by atoms with Crippen LogP contribution < -0.4 is 9.64 Å². The van der Waals surface area contributed by atoms with E-state index in [4.69, 9.17) is 16.3 Å². The van der Waals surface area contributed by atoms with Crippen LogP contribution in [0, 0.1) is 5.92 Å². The lowest BCUT2D eigenvalue weighted by molar-refractivity contribution is -0.909. The van der Waals surface area contributed by atoms with Crippen LogP contribution in [0.2, 0.25) is 5.02 Å². The maximum atomic E-state index is 10.2. The third-order valence-electron chi connectivity index (χ3n) is 4.96. The Morgan fingerprint density at radius 1 is 1.04 bits per heavy atom. The first kappa shape index (κ1) is 18.2. The van der Waals surface area contributed by atoms with Gasteiger partial charge in [-0.3, -0.25) is 0 Å². The number of ether oxygens (including phenoxy) is 1. The molecule has 2 aromatic rings. The smallest absolute Gasteiger partial charge is 0.137 e. The fourth-order valence-electron chi connectivity index (χ4n) is 3.56. The number of likely N-dealkylation sites (tertiary alicyclic amines) is 1. The molecule has 0 amide bonds. The van der Waals surface area contributed by atoms with Crippen LogP contribution in [0.15, 0.2) is 54.6 Å². The lowest BCUT2D eigenvalue weighted by Gasteiger charge is -2.30. The highest BCUT2D eigenvalue weighted by Gasteiger charge is 2.24. The molecule has 1 fully saturated rings. The predicted octanol–water partition coefficient (Wildman–Crippen LogP) is 2.62. The van der Waals surface area contributed by atoms with E-state index in [1.807, 2.05) is 12.1 Å². The molecule has 1 aliphatic rings. The van der Waals surface area contributed by atoms with Crippen molar-refractivity contribution < 1.29 is 14.7 Å². The molecular formula is C21H27ClNO2+. The van der Waals surface area contributed by atoms with Gasteiger partial charge in [-0.2, -0.15) is 0 Å². The summed E-state index contributed by atoms with van der Waals surface area (Å²) < 4.78 is 5.64. The van der Waals surface area contributed by atoms with Crippen molar-refractivity contribution in [1.82, 2.24) is 0 Å². The zero-order valence-corrected chi connectivity index (χ0v) is 15.3. The lowest BCUT2D eigenvalue weighted by atomic mass is 9.90. The summed E-state index contributed by atoms with van der Waals surface area (Å²) in [6.07, 6.45) is 3.21. The molecule has 0 aromatic heterocycles. The summed E-state index contributed by atoms with van der Waals surface area (Å²) in [5.41, 5.74) is 1.44.